The van der Waals surface area contributed by atoms with Crippen molar-refractivity contribution in [1.82, 2.24) is 4.98 Å². The number of hydrogen-bond acceptors (Lipinski definition) is 4. The van der Waals surface area contributed by atoms with Crippen LogP contribution in [0.5, 0.6) is 5.75 Å². The molecule has 0 bridgehead atoms. The molecule has 29 heavy (non-hydrogen) atoms. The summed E-state index contributed by atoms with van der Waals surface area (Å²) < 4.78 is 11.8. The van der Waals surface area contributed by atoms with Crippen LogP contribution in [0.15, 0.2) is 63.5 Å². The summed E-state index contributed by atoms with van der Waals surface area (Å²) in [6.45, 7) is 0. The van der Waals surface area contributed by atoms with Crippen molar-refractivity contribution >= 4 is 61.8 Å². The minimum Gasteiger partial charge on any atom is -0.496 e. The zero-order valence-corrected chi connectivity index (χ0v) is 18.1. The van der Waals surface area contributed by atoms with Gasteiger partial charge >= 0.3 is 0 Å². The number of rotatable bonds is 4. The molecule has 0 atom stereocenters. The number of methoxy groups -OCH3 is 1. The van der Waals surface area contributed by atoms with Crippen LogP contribution in [0, 0.1) is 0 Å². The molecule has 0 aliphatic rings. The van der Waals surface area contributed by atoms with Gasteiger partial charge in [0.1, 0.15) is 11.3 Å². The number of anilines is 1. The number of nitrogens with one attached hydrogen (secondary N) is 1. The number of ether oxygens (including phenoxy) is 1. The molecule has 1 aromatic heterocycles. The molecule has 4 rings (SSSR count). The predicted octanol–water partition coefficient (Wildman–Crippen LogP) is 6.83. The Hall–Kier alpha value is -2.54. The zero-order chi connectivity index (χ0) is 20.5. The maximum Gasteiger partial charge on any atom is 0.259 e. The number of benzene rings is 3. The average molecular weight is 492 g/mol. The van der Waals surface area contributed by atoms with Crippen molar-refractivity contribution in [3.8, 4) is 17.2 Å². The molecule has 1 amide bonds. The van der Waals surface area contributed by atoms with Crippen molar-refractivity contribution in [1.29, 1.82) is 0 Å². The molecule has 0 unspecified atom stereocenters. The van der Waals surface area contributed by atoms with E-state index in [-0.39, 0.29) is 5.91 Å². The molecule has 0 spiro atoms. The van der Waals surface area contributed by atoms with E-state index >= 15 is 0 Å². The number of nitrogens with zero attached hydrogens (tertiary/aromatic N) is 1. The number of aromatic nitrogens is 1. The van der Waals surface area contributed by atoms with Crippen LogP contribution in [0.3, 0.4) is 0 Å². The van der Waals surface area contributed by atoms with E-state index in [9.17, 15) is 4.79 Å². The van der Waals surface area contributed by atoms with E-state index in [0.717, 1.165) is 4.47 Å². The van der Waals surface area contributed by atoms with Gasteiger partial charge in [0.05, 0.1) is 23.3 Å². The van der Waals surface area contributed by atoms with Gasteiger partial charge in [0, 0.05) is 15.2 Å². The van der Waals surface area contributed by atoms with Crippen LogP contribution in [0.1, 0.15) is 10.4 Å². The first-order valence-corrected chi connectivity index (χ1v) is 10.0. The summed E-state index contributed by atoms with van der Waals surface area (Å²) in [6, 6.07) is 15.5. The van der Waals surface area contributed by atoms with E-state index in [2.05, 4.69) is 26.2 Å². The summed E-state index contributed by atoms with van der Waals surface area (Å²) in [7, 11) is 1.52. The molecule has 0 fully saturated rings. The molecule has 3 aromatic carbocycles. The molecule has 0 saturated heterocycles. The quantitative estimate of drug-likeness (QED) is 0.340. The second kappa shape index (κ2) is 8.06. The van der Waals surface area contributed by atoms with Crippen molar-refractivity contribution in [3.05, 3.63) is 74.7 Å². The first-order valence-electron chi connectivity index (χ1n) is 8.45. The number of halogens is 3. The fourth-order valence-electron chi connectivity index (χ4n) is 2.84. The van der Waals surface area contributed by atoms with Gasteiger partial charge in [-0.3, -0.25) is 4.79 Å². The van der Waals surface area contributed by atoms with Crippen LogP contribution in [0.4, 0.5) is 5.69 Å². The molecule has 4 aromatic rings. The van der Waals surface area contributed by atoms with Crippen molar-refractivity contribution in [2.24, 2.45) is 0 Å². The fraction of sp³-hybridized carbons (Fsp3) is 0.0476. The molecule has 0 aliphatic carbocycles. The Morgan fingerprint density at radius 2 is 1.93 bits per heavy atom. The number of carbonyl (C=O) groups excluding carboxylic acids is 1. The molecular formula is C21H13BrCl2N2O3. The fourth-order valence-corrected chi connectivity index (χ4v) is 3.57. The lowest BCUT2D eigenvalue weighted by Gasteiger charge is -2.09. The van der Waals surface area contributed by atoms with Crippen molar-refractivity contribution in [2.45, 2.75) is 0 Å². The molecule has 1 N–H and O–H groups in total. The predicted molar refractivity (Wildman–Crippen MR) is 118 cm³/mol. The Balaban J connectivity index is 1.65. The number of oxazole rings is 1. The van der Waals surface area contributed by atoms with E-state index in [1.54, 1.807) is 54.6 Å². The number of carbonyl (C=O) groups is 1. The standard InChI is InChI=1S/C21H13BrCl2N2O3/c1-28-18-6-2-11(22)8-15(18)20(27)25-13-4-7-19-17(10-13)26-21(29-19)14-9-12(23)3-5-16(14)24/h2-10H,1H3,(H,25,27). The van der Waals surface area contributed by atoms with Crippen LogP contribution in [-0.2, 0) is 0 Å². The topological polar surface area (TPSA) is 64.4 Å². The zero-order valence-electron chi connectivity index (χ0n) is 15.0. The van der Waals surface area contributed by atoms with Gasteiger partial charge in [0.25, 0.3) is 5.91 Å². The molecule has 0 aliphatic heterocycles. The van der Waals surface area contributed by atoms with Crippen molar-refractivity contribution in [2.75, 3.05) is 12.4 Å². The SMILES string of the molecule is COc1ccc(Br)cc1C(=O)Nc1ccc2oc(-c3cc(Cl)ccc3Cl)nc2c1. The Morgan fingerprint density at radius 3 is 2.72 bits per heavy atom. The first-order chi connectivity index (χ1) is 13.9. The summed E-state index contributed by atoms with van der Waals surface area (Å²) in [5.41, 5.74) is 2.72. The van der Waals surface area contributed by atoms with Gasteiger partial charge in [0.2, 0.25) is 5.89 Å². The van der Waals surface area contributed by atoms with E-state index in [1.807, 2.05) is 0 Å². The second-order valence-electron chi connectivity index (χ2n) is 6.12. The molecule has 146 valence electrons. The summed E-state index contributed by atoms with van der Waals surface area (Å²) in [6.07, 6.45) is 0. The average Bonchev–Trinajstić information content (AvgIpc) is 3.13. The minimum atomic E-state index is -0.302. The Bertz CT molecular complexity index is 1240. The molecular weight excluding hydrogens is 479 g/mol. The number of fused-ring (bicyclic) bond motifs is 1. The van der Waals surface area contributed by atoms with Gasteiger partial charge in [-0.1, -0.05) is 39.1 Å². The van der Waals surface area contributed by atoms with Gasteiger partial charge in [-0.15, -0.1) is 0 Å². The van der Waals surface area contributed by atoms with Gasteiger partial charge in [-0.2, -0.15) is 0 Å². The second-order valence-corrected chi connectivity index (χ2v) is 7.88. The summed E-state index contributed by atoms with van der Waals surface area (Å²) in [5.74, 6) is 0.528. The molecule has 8 heteroatoms. The van der Waals surface area contributed by atoms with Gasteiger partial charge < -0.3 is 14.5 Å². The van der Waals surface area contributed by atoms with Crippen LogP contribution in [-0.4, -0.2) is 18.0 Å². The smallest absolute Gasteiger partial charge is 0.259 e. The normalized spacial score (nSPS) is 10.9. The van der Waals surface area contributed by atoms with Crippen LogP contribution < -0.4 is 10.1 Å². The number of hydrogen-bond donors (Lipinski definition) is 1. The third kappa shape index (κ3) is 4.10. The van der Waals surface area contributed by atoms with E-state index in [4.69, 9.17) is 32.4 Å². The minimum absolute atomic E-state index is 0.302. The highest BCUT2D eigenvalue weighted by Crippen LogP contribution is 2.33. The van der Waals surface area contributed by atoms with E-state index < -0.39 is 0 Å². The van der Waals surface area contributed by atoms with Crippen molar-refractivity contribution < 1.29 is 13.9 Å². The first kappa shape index (κ1) is 19.8. The van der Waals surface area contributed by atoms with Gasteiger partial charge in [0.15, 0.2) is 5.58 Å². The molecule has 5 nitrogen and oxygen atoms in total. The Labute approximate surface area is 184 Å². The number of amides is 1. The molecule has 0 radical (unpaired) electrons. The van der Waals surface area contributed by atoms with Crippen LogP contribution in [0.25, 0.3) is 22.6 Å². The monoisotopic (exact) mass is 490 g/mol. The van der Waals surface area contributed by atoms with Crippen molar-refractivity contribution in [3.63, 3.8) is 0 Å². The lowest BCUT2D eigenvalue weighted by molar-refractivity contribution is 0.102. The lowest BCUT2D eigenvalue weighted by atomic mass is 10.2. The lowest BCUT2D eigenvalue weighted by Crippen LogP contribution is -2.13. The maximum atomic E-state index is 12.7. The highest BCUT2D eigenvalue weighted by atomic mass is 79.9. The van der Waals surface area contributed by atoms with Gasteiger partial charge in [-0.05, 0) is 54.6 Å². The molecule has 1 heterocycles. The van der Waals surface area contributed by atoms with Gasteiger partial charge in [-0.25, -0.2) is 4.98 Å². The molecule has 0 saturated carbocycles. The highest BCUT2D eigenvalue weighted by molar-refractivity contribution is 9.10. The van der Waals surface area contributed by atoms with E-state index in [0.29, 0.717) is 49.6 Å². The third-order valence-electron chi connectivity index (χ3n) is 4.21. The highest BCUT2D eigenvalue weighted by Gasteiger charge is 2.16. The Kier molecular flexibility index (Phi) is 5.50. The summed E-state index contributed by atoms with van der Waals surface area (Å²) in [5, 5.41) is 3.87. The van der Waals surface area contributed by atoms with Crippen LogP contribution in [0.2, 0.25) is 10.0 Å². The third-order valence-corrected chi connectivity index (χ3v) is 5.27. The summed E-state index contributed by atoms with van der Waals surface area (Å²) in [4.78, 5) is 17.2. The maximum absolute atomic E-state index is 12.7. The largest absolute Gasteiger partial charge is 0.496 e. The Morgan fingerprint density at radius 1 is 1.10 bits per heavy atom. The van der Waals surface area contributed by atoms with E-state index in [1.165, 1.54) is 7.11 Å². The van der Waals surface area contributed by atoms with Crippen LogP contribution >= 0.6 is 39.1 Å². The summed E-state index contributed by atoms with van der Waals surface area (Å²) >= 11 is 15.7.